The largest absolute Gasteiger partial charge is 0.322 e. The Labute approximate surface area is 161 Å². The summed E-state index contributed by atoms with van der Waals surface area (Å²) in [6.45, 7) is 1.73. The van der Waals surface area contributed by atoms with Gasteiger partial charge in [-0.25, -0.2) is 0 Å². The second kappa shape index (κ2) is 8.01. The lowest BCUT2D eigenvalue weighted by atomic mass is 10.1. The van der Waals surface area contributed by atoms with E-state index in [1.54, 1.807) is 30.3 Å². The highest BCUT2D eigenvalue weighted by Gasteiger charge is 2.10. The van der Waals surface area contributed by atoms with E-state index < -0.39 is 0 Å². The van der Waals surface area contributed by atoms with E-state index in [0.717, 1.165) is 5.56 Å². The number of ketones is 1. The molecule has 3 rings (SSSR count). The Morgan fingerprint density at radius 1 is 1.00 bits per heavy atom. The van der Waals surface area contributed by atoms with Crippen LogP contribution in [0.2, 0.25) is 5.02 Å². The van der Waals surface area contributed by atoms with Crippen molar-refractivity contribution in [1.82, 2.24) is 4.57 Å². The molecule has 6 heteroatoms. The maximum Gasteiger partial charge on any atom is 0.257 e. The van der Waals surface area contributed by atoms with Crippen LogP contribution in [-0.4, -0.2) is 16.3 Å². The molecule has 0 saturated carbocycles. The molecule has 0 unspecified atom stereocenters. The molecule has 1 heterocycles. The van der Waals surface area contributed by atoms with Crippen LogP contribution in [0.25, 0.3) is 0 Å². The summed E-state index contributed by atoms with van der Waals surface area (Å²) in [5.74, 6) is -0.456. The summed E-state index contributed by atoms with van der Waals surface area (Å²) in [5, 5.41) is 3.30. The first-order valence-electron chi connectivity index (χ1n) is 8.30. The highest BCUT2D eigenvalue weighted by molar-refractivity contribution is 6.31. The molecule has 1 amide bonds. The maximum absolute atomic E-state index is 12.5. The van der Waals surface area contributed by atoms with Crippen molar-refractivity contribution in [1.29, 1.82) is 0 Å². The third kappa shape index (κ3) is 4.51. The van der Waals surface area contributed by atoms with Gasteiger partial charge in [-0.15, -0.1) is 0 Å². The van der Waals surface area contributed by atoms with Gasteiger partial charge in [-0.3, -0.25) is 14.4 Å². The van der Waals surface area contributed by atoms with Gasteiger partial charge in [0, 0.05) is 28.5 Å². The normalized spacial score (nSPS) is 10.4. The van der Waals surface area contributed by atoms with Gasteiger partial charge in [0.25, 0.3) is 11.5 Å². The highest BCUT2D eigenvalue weighted by Crippen LogP contribution is 2.16. The molecule has 0 bridgehead atoms. The third-order valence-electron chi connectivity index (χ3n) is 4.07. The number of amides is 1. The summed E-state index contributed by atoms with van der Waals surface area (Å²) in [7, 11) is 0. The van der Waals surface area contributed by atoms with Crippen molar-refractivity contribution < 1.29 is 9.59 Å². The minimum Gasteiger partial charge on any atom is -0.322 e. The molecule has 0 spiro atoms. The van der Waals surface area contributed by atoms with E-state index in [9.17, 15) is 14.4 Å². The number of nitrogens with zero attached hydrogens (tertiary/aromatic N) is 1. The Balaban J connectivity index is 1.84. The Bertz CT molecular complexity index is 1070. The number of nitrogens with one attached hydrogen (secondary N) is 1. The first-order chi connectivity index (χ1) is 12.9. The van der Waals surface area contributed by atoms with E-state index in [4.69, 9.17) is 11.6 Å². The Morgan fingerprint density at radius 3 is 2.52 bits per heavy atom. The predicted octanol–water partition coefficient (Wildman–Crippen LogP) is 4.00. The second-order valence-electron chi connectivity index (χ2n) is 6.07. The summed E-state index contributed by atoms with van der Waals surface area (Å²) in [4.78, 5) is 36.2. The number of rotatable bonds is 5. The Kier molecular flexibility index (Phi) is 5.52. The topological polar surface area (TPSA) is 68.2 Å². The molecule has 0 aliphatic heterocycles. The molecule has 1 N–H and O–H groups in total. The molecule has 136 valence electrons. The van der Waals surface area contributed by atoms with Crippen LogP contribution in [0.15, 0.2) is 71.7 Å². The average Bonchev–Trinajstić information content (AvgIpc) is 2.65. The van der Waals surface area contributed by atoms with Crippen LogP contribution in [-0.2, 0) is 6.54 Å². The van der Waals surface area contributed by atoms with Crippen LogP contribution in [0, 0.1) is 0 Å². The summed E-state index contributed by atoms with van der Waals surface area (Å²) < 4.78 is 1.43. The summed E-state index contributed by atoms with van der Waals surface area (Å²) in [6.07, 6.45) is 1.50. The van der Waals surface area contributed by atoms with Crippen LogP contribution in [0.5, 0.6) is 0 Å². The van der Waals surface area contributed by atoms with Crippen LogP contribution in [0.1, 0.15) is 33.2 Å². The summed E-state index contributed by atoms with van der Waals surface area (Å²) in [5.41, 5.74) is 1.90. The van der Waals surface area contributed by atoms with E-state index in [1.807, 2.05) is 18.2 Å². The number of hydrogen-bond donors (Lipinski definition) is 1. The fourth-order valence-corrected chi connectivity index (χ4v) is 2.81. The van der Waals surface area contributed by atoms with Gasteiger partial charge in [0.15, 0.2) is 5.78 Å². The zero-order chi connectivity index (χ0) is 19.4. The molecule has 0 saturated heterocycles. The third-order valence-corrected chi connectivity index (χ3v) is 4.44. The minimum atomic E-state index is -0.372. The quantitative estimate of drug-likeness (QED) is 0.680. The van der Waals surface area contributed by atoms with Crippen molar-refractivity contribution in [2.24, 2.45) is 0 Å². The molecule has 1 aromatic heterocycles. The number of carbonyl (C=O) groups excluding carboxylic acids is 2. The fourth-order valence-electron chi connectivity index (χ4n) is 2.62. The van der Waals surface area contributed by atoms with Crippen LogP contribution in [0.3, 0.4) is 0 Å². The van der Waals surface area contributed by atoms with Gasteiger partial charge in [-0.1, -0.05) is 41.9 Å². The van der Waals surface area contributed by atoms with Crippen molar-refractivity contribution >= 4 is 29.0 Å². The van der Waals surface area contributed by atoms with Gasteiger partial charge < -0.3 is 9.88 Å². The lowest BCUT2D eigenvalue weighted by molar-refractivity contribution is 0.101. The molecule has 3 aromatic rings. The number of Topliss-reactive ketones (excluding diaryl/α,β-unsaturated/α-hetero) is 1. The van der Waals surface area contributed by atoms with Crippen molar-refractivity contribution in [3.63, 3.8) is 0 Å². The van der Waals surface area contributed by atoms with E-state index in [-0.39, 0.29) is 23.8 Å². The lowest BCUT2D eigenvalue weighted by Crippen LogP contribution is -2.22. The van der Waals surface area contributed by atoms with E-state index in [0.29, 0.717) is 21.8 Å². The maximum atomic E-state index is 12.5. The Morgan fingerprint density at radius 2 is 1.78 bits per heavy atom. The van der Waals surface area contributed by atoms with Crippen LogP contribution in [0.4, 0.5) is 5.69 Å². The molecule has 0 radical (unpaired) electrons. The molecular formula is C21H17ClN2O3. The monoisotopic (exact) mass is 380 g/mol. The van der Waals surface area contributed by atoms with Crippen molar-refractivity contribution in [2.75, 3.05) is 5.32 Å². The average molecular weight is 381 g/mol. The number of pyridine rings is 1. The standard InChI is InChI=1S/C21H17ClN2O3/c1-14(25)15-6-4-7-18(11-15)23-21(27)17-9-10-20(26)24(13-17)12-16-5-2-3-8-19(16)22/h2-11,13H,12H2,1H3,(H,23,27). The highest BCUT2D eigenvalue weighted by atomic mass is 35.5. The number of halogens is 1. The number of aromatic nitrogens is 1. The SMILES string of the molecule is CC(=O)c1cccc(NC(=O)c2ccc(=O)n(Cc3ccccc3Cl)c2)c1. The summed E-state index contributed by atoms with van der Waals surface area (Å²) >= 11 is 6.15. The second-order valence-corrected chi connectivity index (χ2v) is 6.47. The first kappa shape index (κ1) is 18.6. The first-order valence-corrected chi connectivity index (χ1v) is 8.68. The van der Waals surface area contributed by atoms with Crippen molar-refractivity contribution in [3.8, 4) is 0 Å². The van der Waals surface area contributed by atoms with Gasteiger partial charge >= 0.3 is 0 Å². The molecule has 5 nitrogen and oxygen atoms in total. The molecule has 0 fully saturated rings. The van der Waals surface area contributed by atoms with Crippen molar-refractivity contribution in [3.05, 3.63) is 98.9 Å². The van der Waals surface area contributed by atoms with Crippen molar-refractivity contribution in [2.45, 2.75) is 13.5 Å². The van der Waals surface area contributed by atoms with E-state index in [1.165, 1.54) is 29.8 Å². The van der Waals surface area contributed by atoms with Gasteiger partial charge in [0.2, 0.25) is 0 Å². The predicted molar refractivity (Wildman–Crippen MR) is 106 cm³/mol. The van der Waals surface area contributed by atoms with E-state index >= 15 is 0 Å². The van der Waals surface area contributed by atoms with Gasteiger partial charge in [-0.05, 0) is 36.8 Å². The number of hydrogen-bond acceptors (Lipinski definition) is 3. The molecular weight excluding hydrogens is 364 g/mol. The summed E-state index contributed by atoms with van der Waals surface area (Å²) in [6, 6.07) is 16.7. The fraction of sp³-hybridized carbons (Fsp3) is 0.0952. The minimum absolute atomic E-state index is 0.0839. The van der Waals surface area contributed by atoms with Crippen LogP contribution >= 0.6 is 11.6 Å². The Hall–Kier alpha value is -3.18. The zero-order valence-corrected chi connectivity index (χ0v) is 15.4. The molecule has 27 heavy (non-hydrogen) atoms. The molecule has 2 aromatic carbocycles. The number of anilines is 1. The van der Waals surface area contributed by atoms with Gasteiger partial charge in [0.05, 0.1) is 12.1 Å². The van der Waals surface area contributed by atoms with Gasteiger partial charge in [0.1, 0.15) is 0 Å². The van der Waals surface area contributed by atoms with Crippen LogP contribution < -0.4 is 10.9 Å². The molecule has 0 atom stereocenters. The van der Waals surface area contributed by atoms with Gasteiger partial charge in [-0.2, -0.15) is 0 Å². The molecule has 0 aliphatic rings. The number of carbonyl (C=O) groups is 2. The number of benzene rings is 2. The smallest absolute Gasteiger partial charge is 0.257 e. The molecule has 0 aliphatic carbocycles. The zero-order valence-electron chi connectivity index (χ0n) is 14.6. The lowest BCUT2D eigenvalue weighted by Gasteiger charge is -2.10. The van der Waals surface area contributed by atoms with E-state index in [2.05, 4.69) is 5.32 Å².